The van der Waals surface area contributed by atoms with Crippen LogP contribution in [-0.2, 0) is 14.4 Å². The largest absolute Gasteiger partial charge is 0.355 e. The van der Waals surface area contributed by atoms with Crippen molar-refractivity contribution in [3.05, 3.63) is 0 Å². The van der Waals surface area contributed by atoms with Crippen LogP contribution in [0.4, 0.5) is 4.79 Å². The summed E-state index contributed by atoms with van der Waals surface area (Å²) < 4.78 is 0. The Balaban J connectivity index is 1.46. The van der Waals surface area contributed by atoms with Gasteiger partial charge in [-0.2, -0.15) is 0 Å². The van der Waals surface area contributed by atoms with Crippen molar-refractivity contribution in [3.8, 4) is 0 Å². The van der Waals surface area contributed by atoms with Crippen molar-refractivity contribution in [2.45, 2.75) is 38.6 Å². The van der Waals surface area contributed by atoms with E-state index in [-0.39, 0.29) is 30.2 Å². The van der Waals surface area contributed by atoms with Crippen LogP contribution in [-0.4, -0.2) is 89.8 Å². The van der Waals surface area contributed by atoms with Crippen molar-refractivity contribution >= 4 is 23.8 Å². The van der Waals surface area contributed by atoms with Gasteiger partial charge in [0.1, 0.15) is 12.1 Å². The van der Waals surface area contributed by atoms with Crippen LogP contribution in [0.2, 0.25) is 0 Å². The first-order valence-electron chi connectivity index (χ1n) is 9.76. The molecule has 0 aromatic heterocycles. The number of piperazine rings is 1. The highest BCUT2D eigenvalue weighted by molar-refractivity contribution is 6.09. The Morgan fingerprint density at radius 2 is 1.81 bits per heavy atom. The molecule has 0 spiro atoms. The third-order valence-electron chi connectivity index (χ3n) is 5.65. The maximum Gasteiger partial charge on any atom is 0.325 e. The van der Waals surface area contributed by atoms with Gasteiger partial charge in [-0.25, -0.2) is 4.79 Å². The van der Waals surface area contributed by atoms with Crippen LogP contribution in [0, 0.1) is 5.92 Å². The first kappa shape index (κ1) is 19.6. The number of hydrogen-bond acceptors (Lipinski definition) is 5. The van der Waals surface area contributed by atoms with Gasteiger partial charge in [-0.1, -0.05) is 6.92 Å². The zero-order valence-corrected chi connectivity index (χ0v) is 16.1. The zero-order chi connectivity index (χ0) is 19.6. The molecule has 0 bridgehead atoms. The first-order chi connectivity index (χ1) is 12.8. The molecule has 0 aromatic carbocycles. The summed E-state index contributed by atoms with van der Waals surface area (Å²) in [7, 11) is 0. The molecule has 1 unspecified atom stereocenters. The number of carbonyl (C=O) groups excluding carboxylic acids is 4. The summed E-state index contributed by atoms with van der Waals surface area (Å²) in [6, 6.07) is -0.478. The molecule has 1 saturated carbocycles. The van der Waals surface area contributed by atoms with Crippen molar-refractivity contribution < 1.29 is 19.2 Å². The number of nitrogens with zero attached hydrogens (tertiary/aromatic N) is 3. The molecule has 27 heavy (non-hydrogen) atoms. The lowest BCUT2D eigenvalue weighted by atomic mass is 9.96. The zero-order valence-electron chi connectivity index (χ0n) is 16.1. The fourth-order valence-corrected chi connectivity index (χ4v) is 3.71. The molecule has 0 radical (unpaired) electrons. The molecule has 1 aliphatic carbocycles. The number of urea groups is 1. The molecule has 1 atom stereocenters. The summed E-state index contributed by atoms with van der Waals surface area (Å²) >= 11 is 0. The molecule has 150 valence electrons. The molecule has 3 aliphatic rings. The predicted octanol–water partition coefficient (Wildman–Crippen LogP) is -0.623. The van der Waals surface area contributed by atoms with Crippen molar-refractivity contribution in [3.63, 3.8) is 0 Å². The summed E-state index contributed by atoms with van der Waals surface area (Å²) in [5.41, 5.74) is -0.859. The van der Waals surface area contributed by atoms with Crippen LogP contribution in [0.3, 0.4) is 0 Å². The minimum atomic E-state index is -0.859. The van der Waals surface area contributed by atoms with Crippen molar-refractivity contribution in [1.82, 2.24) is 25.3 Å². The molecular formula is C18H29N5O4. The van der Waals surface area contributed by atoms with Crippen molar-refractivity contribution in [2.24, 2.45) is 5.92 Å². The van der Waals surface area contributed by atoms with E-state index in [1.54, 1.807) is 11.8 Å². The van der Waals surface area contributed by atoms with E-state index in [1.165, 1.54) is 0 Å². The molecule has 2 saturated heterocycles. The van der Waals surface area contributed by atoms with Gasteiger partial charge in [-0.05, 0) is 32.1 Å². The molecule has 2 N–H and O–H groups in total. The number of rotatable bonds is 7. The lowest BCUT2D eigenvalue weighted by molar-refractivity contribution is -0.140. The quantitative estimate of drug-likeness (QED) is 0.574. The van der Waals surface area contributed by atoms with Gasteiger partial charge in [0.2, 0.25) is 11.8 Å². The molecule has 3 fully saturated rings. The van der Waals surface area contributed by atoms with E-state index in [1.807, 2.05) is 11.8 Å². The third-order valence-corrected chi connectivity index (χ3v) is 5.65. The maximum absolute atomic E-state index is 12.6. The fraction of sp³-hybridized carbons (Fsp3) is 0.778. The molecule has 2 aliphatic heterocycles. The van der Waals surface area contributed by atoms with Crippen LogP contribution in [0.15, 0.2) is 0 Å². The van der Waals surface area contributed by atoms with E-state index in [2.05, 4.69) is 10.6 Å². The second-order valence-electron chi connectivity index (χ2n) is 7.80. The van der Waals surface area contributed by atoms with E-state index in [4.69, 9.17) is 0 Å². The Bertz CT molecular complexity index is 627. The van der Waals surface area contributed by atoms with Crippen molar-refractivity contribution in [1.29, 1.82) is 0 Å². The lowest BCUT2D eigenvalue weighted by Crippen LogP contribution is -2.53. The number of hydrogen-bond donors (Lipinski definition) is 2. The molecule has 9 heteroatoms. The molecular weight excluding hydrogens is 350 g/mol. The third kappa shape index (κ3) is 4.23. The molecule has 0 aromatic rings. The summed E-state index contributed by atoms with van der Waals surface area (Å²) in [4.78, 5) is 53.9. The Kier molecular flexibility index (Phi) is 5.69. The first-order valence-corrected chi connectivity index (χ1v) is 9.76. The van der Waals surface area contributed by atoms with E-state index in [0.29, 0.717) is 39.3 Å². The van der Waals surface area contributed by atoms with E-state index in [9.17, 15) is 19.2 Å². The lowest BCUT2D eigenvalue weighted by Gasteiger charge is -2.34. The van der Waals surface area contributed by atoms with E-state index < -0.39 is 11.6 Å². The highest BCUT2D eigenvalue weighted by Crippen LogP contribution is 2.42. The average Bonchev–Trinajstić information content (AvgIpc) is 3.46. The van der Waals surface area contributed by atoms with E-state index >= 15 is 0 Å². The average molecular weight is 379 g/mol. The van der Waals surface area contributed by atoms with Gasteiger partial charge in [-0.15, -0.1) is 0 Å². The normalized spacial score (nSPS) is 26.3. The minimum absolute atomic E-state index is 0.00433. The van der Waals surface area contributed by atoms with Gasteiger partial charge in [0, 0.05) is 32.7 Å². The Morgan fingerprint density at radius 1 is 1.15 bits per heavy atom. The Morgan fingerprint density at radius 3 is 2.41 bits per heavy atom. The Labute approximate surface area is 159 Å². The fourth-order valence-electron chi connectivity index (χ4n) is 3.71. The number of imide groups is 1. The van der Waals surface area contributed by atoms with Gasteiger partial charge in [0.15, 0.2) is 0 Å². The van der Waals surface area contributed by atoms with Crippen LogP contribution >= 0.6 is 0 Å². The number of nitrogens with one attached hydrogen (secondary N) is 2. The maximum atomic E-state index is 12.6. The number of amides is 5. The SMILES string of the molecule is CCCNC(=O)CN1CCN(C(=O)CN2C(=O)NC(C)(C3CC3)C2=O)CC1. The van der Waals surface area contributed by atoms with Gasteiger partial charge >= 0.3 is 6.03 Å². The van der Waals surface area contributed by atoms with E-state index in [0.717, 1.165) is 24.2 Å². The van der Waals surface area contributed by atoms with Gasteiger partial charge in [-0.3, -0.25) is 24.2 Å². The second-order valence-corrected chi connectivity index (χ2v) is 7.80. The van der Waals surface area contributed by atoms with Crippen LogP contribution in [0.5, 0.6) is 0 Å². The van der Waals surface area contributed by atoms with Crippen LogP contribution in [0.1, 0.15) is 33.1 Å². The van der Waals surface area contributed by atoms with Gasteiger partial charge < -0.3 is 15.5 Å². The summed E-state index contributed by atoms with van der Waals surface area (Å²) in [5, 5.41) is 5.60. The molecule has 2 heterocycles. The topological polar surface area (TPSA) is 102 Å². The summed E-state index contributed by atoms with van der Waals surface area (Å²) in [6.07, 6.45) is 2.76. The van der Waals surface area contributed by atoms with Crippen LogP contribution in [0.25, 0.3) is 0 Å². The summed E-state index contributed by atoms with van der Waals surface area (Å²) in [6.45, 7) is 6.71. The monoisotopic (exact) mass is 379 g/mol. The highest BCUT2D eigenvalue weighted by atomic mass is 16.2. The highest BCUT2D eigenvalue weighted by Gasteiger charge is 2.56. The van der Waals surface area contributed by atoms with Gasteiger partial charge in [0.25, 0.3) is 5.91 Å². The number of carbonyl (C=O) groups is 4. The Hall–Kier alpha value is -2.16. The molecule has 3 rings (SSSR count). The second kappa shape index (κ2) is 7.84. The van der Waals surface area contributed by atoms with Gasteiger partial charge in [0.05, 0.1) is 6.54 Å². The standard InChI is InChI=1S/C18H29N5O4/c1-3-6-19-14(24)11-21-7-9-22(10-8-21)15(25)12-23-16(26)18(2,13-4-5-13)20-17(23)27/h13H,3-12H2,1-2H3,(H,19,24)(H,20,27). The summed E-state index contributed by atoms with van der Waals surface area (Å²) in [5.74, 6) is -0.352. The smallest absolute Gasteiger partial charge is 0.325 e. The van der Waals surface area contributed by atoms with Crippen LogP contribution < -0.4 is 10.6 Å². The van der Waals surface area contributed by atoms with Crippen molar-refractivity contribution in [2.75, 3.05) is 45.8 Å². The molecule has 5 amide bonds. The molecule has 9 nitrogen and oxygen atoms in total. The predicted molar refractivity (Wildman–Crippen MR) is 97.7 cm³/mol. The minimum Gasteiger partial charge on any atom is -0.355 e.